The lowest BCUT2D eigenvalue weighted by molar-refractivity contribution is -0.108. The first-order chi connectivity index (χ1) is 14.2. The zero-order chi connectivity index (χ0) is 20.2. The van der Waals surface area contributed by atoms with E-state index < -0.39 is 0 Å². The average Bonchev–Trinajstić information content (AvgIpc) is 3.16. The van der Waals surface area contributed by atoms with Gasteiger partial charge in [0.1, 0.15) is 6.29 Å². The van der Waals surface area contributed by atoms with Crippen LogP contribution in [0.4, 0.5) is 11.4 Å². The molecule has 1 amide bonds. The van der Waals surface area contributed by atoms with E-state index >= 15 is 0 Å². The van der Waals surface area contributed by atoms with Crippen LogP contribution in [0.2, 0.25) is 0 Å². The fourth-order valence-corrected chi connectivity index (χ4v) is 3.37. The summed E-state index contributed by atoms with van der Waals surface area (Å²) >= 11 is 0. The topological polar surface area (TPSA) is 90.0 Å². The highest BCUT2D eigenvalue weighted by atomic mass is 16.1. The smallest absolute Gasteiger partial charge is 0.255 e. The molecule has 144 valence electrons. The van der Waals surface area contributed by atoms with Gasteiger partial charge in [-0.25, -0.2) is 4.98 Å². The summed E-state index contributed by atoms with van der Waals surface area (Å²) < 4.78 is 1.97. The van der Waals surface area contributed by atoms with Gasteiger partial charge in [-0.3, -0.25) is 4.79 Å². The number of rotatable bonds is 6. The summed E-state index contributed by atoms with van der Waals surface area (Å²) in [6.07, 6.45) is 2.98. The van der Waals surface area contributed by atoms with Crippen LogP contribution in [0.5, 0.6) is 0 Å². The molecule has 0 bridgehead atoms. The molecular weight excluding hydrogens is 364 g/mol. The van der Waals surface area contributed by atoms with Crippen LogP contribution in [0.25, 0.3) is 11.0 Å². The van der Waals surface area contributed by atoms with Crippen LogP contribution in [0.3, 0.4) is 0 Å². The lowest BCUT2D eigenvalue weighted by Crippen LogP contribution is -2.13. The molecule has 6 heteroatoms. The SMILES string of the molecule is Nc1ccc(C(=O)Nc2ccc3ncn(C(CC=O)c4ccccc4)c3c2)cc1. The van der Waals surface area contributed by atoms with Crippen molar-refractivity contribution in [2.45, 2.75) is 12.5 Å². The van der Waals surface area contributed by atoms with Crippen molar-refractivity contribution in [3.8, 4) is 0 Å². The minimum Gasteiger partial charge on any atom is -0.399 e. The molecule has 1 heterocycles. The largest absolute Gasteiger partial charge is 0.399 e. The molecule has 29 heavy (non-hydrogen) atoms. The number of carbonyl (C=O) groups excluding carboxylic acids is 2. The van der Waals surface area contributed by atoms with Gasteiger partial charge in [-0.05, 0) is 48.0 Å². The summed E-state index contributed by atoms with van der Waals surface area (Å²) in [6, 6.07) is 22.0. The van der Waals surface area contributed by atoms with Gasteiger partial charge in [-0.15, -0.1) is 0 Å². The van der Waals surface area contributed by atoms with Gasteiger partial charge in [-0.1, -0.05) is 30.3 Å². The van der Waals surface area contributed by atoms with E-state index in [1.54, 1.807) is 30.6 Å². The number of fused-ring (bicyclic) bond motifs is 1. The maximum atomic E-state index is 12.5. The zero-order valence-corrected chi connectivity index (χ0v) is 15.7. The number of nitrogens with zero attached hydrogens (tertiary/aromatic N) is 2. The summed E-state index contributed by atoms with van der Waals surface area (Å²) in [6.45, 7) is 0. The molecular formula is C23H20N4O2. The van der Waals surface area contributed by atoms with E-state index in [9.17, 15) is 9.59 Å². The third kappa shape index (κ3) is 3.87. The van der Waals surface area contributed by atoms with E-state index in [0.29, 0.717) is 23.4 Å². The molecule has 4 aromatic rings. The molecule has 0 aliphatic rings. The van der Waals surface area contributed by atoms with Gasteiger partial charge in [-0.2, -0.15) is 0 Å². The van der Waals surface area contributed by atoms with E-state index in [0.717, 1.165) is 22.9 Å². The second kappa shape index (κ2) is 7.98. The van der Waals surface area contributed by atoms with Gasteiger partial charge in [0.2, 0.25) is 0 Å². The molecule has 0 saturated carbocycles. The van der Waals surface area contributed by atoms with Gasteiger partial charge in [0.05, 0.1) is 23.4 Å². The number of imidazole rings is 1. The van der Waals surface area contributed by atoms with Gasteiger partial charge in [0, 0.05) is 23.4 Å². The monoisotopic (exact) mass is 384 g/mol. The second-order valence-electron chi connectivity index (χ2n) is 6.76. The number of hydrogen-bond donors (Lipinski definition) is 2. The highest BCUT2D eigenvalue weighted by Gasteiger charge is 2.16. The molecule has 6 nitrogen and oxygen atoms in total. The van der Waals surface area contributed by atoms with Crippen molar-refractivity contribution in [2.75, 3.05) is 11.1 Å². The third-order valence-electron chi connectivity index (χ3n) is 4.85. The van der Waals surface area contributed by atoms with Crippen molar-refractivity contribution in [2.24, 2.45) is 0 Å². The Morgan fingerprint density at radius 1 is 1.07 bits per heavy atom. The van der Waals surface area contributed by atoms with E-state index in [4.69, 9.17) is 5.73 Å². The van der Waals surface area contributed by atoms with Crippen molar-refractivity contribution in [3.63, 3.8) is 0 Å². The molecule has 0 saturated heterocycles. The summed E-state index contributed by atoms with van der Waals surface area (Å²) in [5, 5.41) is 2.91. The maximum Gasteiger partial charge on any atom is 0.255 e. The molecule has 0 aliphatic heterocycles. The van der Waals surface area contributed by atoms with E-state index in [2.05, 4.69) is 10.3 Å². The van der Waals surface area contributed by atoms with Crippen LogP contribution < -0.4 is 11.1 Å². The molecule has 3 aromatic carbocycles. The molecule has 0 radical (unpaired) electrons. The van der Waals surface area contributed by atoms with Crippen molar-refractivity contribution in [1.82, 2.24) is 9.55 Å². The average molecular weight is 384 g/mol. The van der Waals surface area contributed by atoms with Gasteiger partial charge < -0.3 is 20.4 Å². The second-order valence-corrected chi connectivity index (χ2v) is 6.76. The molecule has 0 fully saturated rings. The number of carbonyl (C=O) groups is 2. The first kappa shape index (κ1) is 18.4. The van der Waals surface area contributed by atoms with Crippen molar-refractivity contribution in [1.29, 1.82) is 0 Å². The molecule has 0 aliphatic carbocycles. The number of benzene rings is 3. The Labute approximate surface area is 168 Å². The van der Waals surface area contributed by atoms with E-state index in [1.807, 2.05) is 53.1 Å². The molecule has 1 unspecified atom stereocenters. The molecule has 0 spiro atoms. The Bertz CT molecular complexity index is 1150. The summed E-state index contributed by atoms with van der Waals surface area (Å²) in [7, 11) is 0. The van der Waals surface area contributed by atoms with Crippen LogP contribution in [0.1, 0.15) is 28.4 Å². The fraction of sp³-hybridized carbons (Fsp3) is 0.0870. The Hall–Kier alpha value is -3.93. The highest BCUT2D eigenvalue weighted by Crippen LogP contribution is 2.27. The number of nitrogen functional groups attached to an aromatic ring is 1. The fourth-order valence-electron chi connectivity index (χ4n) is 3.37. The van der Waals surface area contributed by atoms with Crippen LogP contribution in [-0.2, 0) is 4.79 Å². The van der Waals surface area contributed by atoms with Crippen LogP contribution in [-0.4, -0.2) is 21.7 Å². The third-order valence-corrected chi connectivity index (χ3v) is 4.85. The van der Waals surface area contributed by atoms with Crippen LogP contribution >= 0.6 is 0 Å². The van der Waals surface area contributed by atoms with E-state index in [1.165, 1.54) is 0 Å². The van der Waals surface area contributed by atoms with E-state index in [-0.39, 0.29) is 11.9 Å². The number of nitrogens with one attached hydrogen (secondary N) is 1. The number of hydrogen-bond acceptors (Lipinski definition) is 4. The molecule has 1 aromatic heterocycles. The lowest BCUT2D eigenvalue weighted by Gasteiger charge is -2.18. The van der Waals surface area contributed by atoms with Gasteiger partial charge in [0.15, 0.2) is 0 Å². The zero-order valence-electron chi connectivity index (χ0n) is 15.7. The molecule has 4 rings (SSSR count). The summed E-state index contributed by atoms with van der Waals surface area (Å²) in [5.74, 6) is -0.220. The number of aldehydes is 1. The van der Waals surface area contributed by atoms with Gasteiger partial charge >= 0.3 is 0 Å². The maximum absolute atomic E-state index is 12.5. The predicted octanol–water partition coefficient (Wildman–Crippen LogP) is 4.05. The normalized spacial score (nSPS) is 11.9. The number of nitrogens with two attached hydrogens (primary N) is 1. The number of aromatic nitrogens is 2. The minimum absolute atomic E-state index is 0.165. The van der Waals surface area contributed by atoms with Crippen LogP contribution in [0, 0.1) is 0 Å². The first-order valence-corrected chi connectivity index (χ1v) is 9.28. The summed E-state index contributed by atoms with van der Waals surface area (Å²) in [4.78, 5) is 28.3. The Balaban J connectivity index is 1.67. The van der Waals surface area contributed by atoms with Crippen molar-refractivity contribution >= 4 is 34.6 Å². The Kier molecular flexibility index (Phi) is 5.07. The van der Waals surface area contributed by atoms with Crippen molar-refractivity contribution in [3.05, 3.63) is 90.3 Å². The van der Waals surface area contributed by atoms with Gasteiger partial charge in [0.25, 0.3) is 5.91 Å². The highest BCUT2D eigenvalue weighted by molar-refractivity contribution is 6.05. The first-order valence-electron chi connectivity index (χ1n) is 9.28. The summed E-state index contributed by atoms with van der Waals surface area (Å²) in [5.41, 5.74) is 10.1. The number of anilines is 2. The lowest BCUT2D eigenvalue weighted by atomic mass is 10.0. The number of amides is 1. The Morgan fingerprint density at radius 2 is 1.83 bits per heavy atom. The predicted molar refractivity (Wildman–Crippen MR) is 114 cm³/mol. The minimum atomic E-state index is -0.220. The Morgan fingerprint density at radius 3 is 2.55 bits per heavy atom. The van der Waals surface area contributed by atoms with Crippen LogP contribution in [0.15, 0.2) is 79.1 Å². The quantitative estimate of drug-likeness (QED) is 0.388. The molecule has 1 atom stereocenters. The van der Waals surface area contributed by atoms with Crippen molar-refractivity contribution < 1.29 is 9.59 Å². The molecule has 3 N–H and O–H groups in total. The standard InChI is InChI=1S/C23H20N4O2/c24-18-8-6-17(7-9-18)23(29)26-19-10-11-20-22(14-19)27(15-25-20)21(12-13-28)16-4-2-1-3-5-16/h1-11,13-15,21H,12,24H2,(H,26,29).